The third-order valence-electron chi connectivity index (χ3n) is 4.64. The molecule has 0 amide bonds. The van der Waals surface area contributed by atoms with Crippen LogP contribution in [0.5, 0.6) is 5.75 Å². The molecule has 0 saturated carbocycles. The predicted molar refractivity (Wildman–Crippen MR) is 109 cm³/mol. The first kappa shape index (κ1) is 17.1. The van der Waals surface area contributed by atoms with Gasteiger partial charge in [0.05, 0.1) is 18.5 Å². The van der Waals surface area contributed by atoms with Gasteiger partial charge in [0, 0.05) is 17.0 Å². The Kier molecular flexibility index (Phi) is 4.75. The number of hydrogen-bond acceptors (Lipinski definition) is 3. The van der Waals surface area contributed by atoms with Crippen molar-refractivity contribution in [1.29, 1.82) is 0 Å². The molecular formula is C24H21NO2. The number of fused-ring (bicyclic) bond motifs is 1. The average Bonchev–Trinajstić information content (AvgIpc) is 2.74. The monoisotopic (exact) mass is 355 g/mol. The summed E-state index contributed by atoms with van der Waals surface area (Å²) >= 11 is 0. The van der Waals surface area contributed by atoms with Crippen molar-refractivity contribution in [2.75, 3.05) is 7.11 Å². The molecule has 0 spiro atoms. The van der Waals surface area contributed by atoms with E-state index < -0.39 is 0 Å². The molecule has 0 radical (unpaired) electrons. The highest BCUT2D eigenvalue weighted by atomic mass is 16.5. The lowest BCUT2D eigenvalue weighted by molar-refractivity contribution is 0.415. The van der Waals surface area contributed by atoms with E-state index in [1.807, 2.05) is 72.8 Å². The van der Waals surface area contributed by atoms with E-state index in [9.17, 15) is 0 Å². The first-order valence-electron chi connectivity index (χ1n) is 9.01. The minimum Gasteiger partial charge on any atom is -0.497 e. The smallest absolute Gasteiger partial charge is 0.136 e. The zero-order valence-electron chi connectivity index (χ0n) is 15.4. The predicted octanol–water partition coefficient (Wildman–Crippen LogP) is 5.77. The number of para-hydroxylation sites is 1. The van der Waals surface area contributed by atoms with E-state index in [1.165, 1.54) is 5.56 Å². The largest absolute Gasteiger partial charge is 0.497 e. The maximum Gasteiger partial charge on any atom is 0.136 e. The van der Waals surface area contributed by atoms with Gasteiger partial charge in [-0.2, -0.15) is 0 Å². The topological polar surface area (TPSA) is 34.7 Å². The molecule has 0 aliphatic rings. The molecule has 4 aromatic rings. The summed E-state index contributed by atoms with van der Waals surface area (Å²) in [7, 11) is 1.66. The molecule has 134 valence electrons. The van der Waals surface area contributed by atoms with Crippen LogP contribution in [0.2, 0.25) is 0 Å². The Hall–Kier alpha value is -3.33. The molecule has 0 aliphatic heterocycles. The Bertz CT molecular complexity index is 1110. The van der Waals surface area contributed by atoms with Crippen molar-refractivity contribution in [3.05, 3.63) is 95.8 Å². The zero-order chi connectivity index (χ0) is 18.6. The van der Waals surface area contributed by atoms with Crippen LogP contribution in [0.4, 0.5) is 0 Å². The van der Waals surface area contributed by atoms with Crippen LogP contribution in [0.3, 0.4) is 0 Å². The summed E-state index contributed by atoms with van der Waals surface area (Å²) < 4.78 is 11.4. The van der Waals surface area contributed by atoms with Crippen LogP contribution in [0.1, 0.15) is 18.5 Å². The van der Waals surface area contributed by atoms with Crippen molar-refractivity contribution in [1.82, 2.24) is 0 Å². The highest BCUT2D eigenvalue weighted by Gasteiger charge is 2.08. The zero-order valence-corrected chi connectivity index (χ0v) is 15.4. The van der Waals surface area contributed by atoms with Gasteiger partial charge in [-0.05, 0) is 48.9 Å². The van der Waals surface area contributed by atoms with Crippen molar-refractivity contribution in [3.63, 3.8) is 0 Å². The molecule has 27 heavy (non-hydrogen) atoms. The first-order chi connectivity index (χ1) is 13.2. The number of rotatable bonds is 4. The quantitative estimate of drug-likeness (QED) is 0.466. The van der Waals surface area contributed by atoms with E-state index in [2.05, 4.69) is 19.1 Å². The number of ether oxygens (including phenoxy) is 1. The number of nitrogens with zero attached hydrogens (tertiary/aromatic N) is 1. The SMILES string of the molecule is COc1ccc(-c2cc(=N[C@@H](C)c3ccccc3)c3ccccc3o2)cc1. The Morgan fingerprint density at radius 1 is 0.852 bits per heavy atom. The lowest BCUT2D eigenvalue weighted by atomic mass is 10.1. The van der Waals surface area contributed by atoms with E-state index in [0.717, 1.165) is 33.4 Å². The summed E-state index contributed by atoms with van der Waals surface area (Å²) in [5.74, 6) is 1.61. The summed E-state index contributed by atoms with van der Waals surface area (Å²) in [6.45, 7) is 2.11. The number of benzene rings is 3. The lowest BCUT2D eigenvalue weighted by Gasteiger charge is -2.09. The molecule has 3 aromatic carbocycles. The third kappa shape index (κ3) is 3.63. The van der Waals surface area contributed by atoms with Crippen LogP contribution < -0.4 is 10.1 Å². The van der Waals surface area contributed by atoms with Crippen LogP contribution in [-0.4, -0.2) is 7.11 Å². The van der Waals surface area contributed by atoms with Crippen LogP contribution in [0.15, 0.2) is 94.3 Å². The van der Waals surface area contributed by atoms with Gasteiger partial charge in [0.1, 0.15) is 17.1 Å². The molecule has 0 bridgehead atoms. The second kappa shape index (κ2) is 7.50. The second-order valence-corrected chi connectivity index (χ2v) is 6.44. The van der Waals surface area contributed by atoms with Gasteiger partial charge >= 0.3 is 0 Å². The Labute approximate surface area is 158 Å². The van der Waals surface area contributed by atoms with Gasteiger partial charge in [-0.1, -0.05) is 42.5 Å². The van der Waals surface area contributed by atoms with Crippen molar-refractivity contribution >= 4 is 11.0 Å². The standard InChI is InChI=1S/C24H21NO2/c1-17(18-8-4-3-5-9-18)25-22-16-24(19-12-14-20(26-2)15-13-19)27-23-11-7-6-10-21(22)23/h3-17H,1-2H3/t17-/m0/s1. The highest BCUT2D eigenvalue weighted by molar-refractivity contribution is 5.78. The fraction of sp³-hybridized carbons (Fsp3) is 0.125. The molecule has 1 aromatic heterocycles. The number of methoxy groups -OCH3 is 1. The second-order valence-electron chi connectivity index (χ2n) is 6.44. The summed E-state index contributed by atoms with van der Waals surface area (Å²) in [5.41, 5.74) is 3.00. The highest BCUT2D eigenvalue weighted by Crippen LogP contribution is 2.25. The van der Waals surface area contributed by atoms with Crippen LogP contribution in [0.25, 0.3) is 22.3 Å². The molecule has 0 saturated heterocycles. The maximum atomic E-state index is 6.15. The van der Waals surface area contributed by atoms with E-state index in [0.29, 0.717) is 0 Å². The summed E-state index contributed by atoms with van der Waals surface area (Å²) in [6, 6.07) is 28.3. The molecule has 0 unspecified atom stereocenters. The lowest BCUT2D eigenvalue weighted by Crippen LogP contribution is -2.06. The maximum absolute atomic E-state index is 6.15. The summed E-state index contributed by atoms with van der Waals surface area (Å²) in [5, 5.41) is 1.94. The third-order valence-corrected chi connectivity index (χ3v) is 4.64. The van der Waals surface area contributed by atoms with Gasteiger partial charge in [-0.3, -0.25) is 4.99 Å². The fourth-order valence-electron chi connectivity index (χ4n) is 3.14. The average molecular weight is 355 g/mol. The Morgan fingerprint density at radius 3 is 2.30 bits per heavy atom. The van der Waals surface area contributed by atoms with Gasteiger partial charge in [-0.25, -0.2) is 0 Å². The molecule has 4 rings (SSSR count). The molecule has 1 heterocycles. The van der Waals surface area contributed by atoms with Crippen molar-refractivity contribution in [2.24, 2.45) is 4.99 Å². The van der Waals surface area contributed by atoms with Gasteiger partial charge in [0.2, 0.25) is 0 Å². The van der Waals surface area contributed by atoms with Crippen molar-refractivity contribution < 1.29 is 9.15 Å². The summed E-state index contributed by atoms with van der Waals surface area (Å²) in [4.78, 5) is 4.99. The molecule has 3 heteroatoms. The van der Waals surface area contributed by atoms with Crippen molar-refractivity contribution in [2.45, 2.75) is 13.0 Å². The fourth-order valence-corrected chi connectivity index (χ4v) is 3.14. The van der Waals surface area contributed by atoms with Gasteiger partial charge in [0.15, 0.2) is 0 Å². The van der Waals surface area contributed by atoms with Gasteiger partial charge in [-0.15, -0.1) is 0 Å². The Balaban J connectivity index is 1.87. The molecule has 1 atom stereocenters. The van der Waals surface area contributed by atoms with E-state index in [4.69, 9.17) is 14.1 Å². The van der Waals surface area contributed by atoms with Crippen molar-refractivity contribution in [3.8, 4) is 17.1 Å². The van der Waals surface area contributed by atoms with E-state index >= 15 is 0 Å². The minimum atomic E-state index is 0.0562. The summed E-state index contributed by atoms with van der Waals surface area (Å²) in [6.07, 6.45) is 0. The van der Waals surface area contributed by atoms with Crippen LogP contribution in [-0.2, 0) is 0 Å². The van der Waals surface area contributed by atoms with Crippen LogP contribution >= 0.6 is 0 Å². The van der Waals surface area contributed by atoms with Gasteiger partial charge < -0.3 is 9.15 Å². The molecular weight excluding hydrogens is 334 g/mol. The van der Waals surface area contributed by atoms with E-state index in [-0.39, 0.29) is 6.04 Å². The first-order valence-corrected chi connectivity index (χ1v) is 9.01. The number of hydrogen-bond donors (Lipinski definition) is 0. The van der Waals surface area contributed by atoms with Crippen LogP contribution in [0, 0.1) is 0 Å². The molecule has 3 nitrogen and oxygen atoms in total. The minimum absolute atomic E-state index is 0.0562. The Morgan fingerprint density at radius 2 is 1.56 bits per heavy atom. The molecule has 0 aliphatic carbocycles. The molecule has 0 fully saturated rings. The van der Waals surface area contributed by atoms with Gasteiger partial charge in [0.25, 0.3) is 0 Å². The normalized spacial score (nSPS) is 12.9. The molecule has 0 N–H and O–H groups in total. The van der Waals surface area contributed by atoms with E-state index in [1.54, 1.807) is 7.11 Å².